The van der Waals surface area contributed by atoms with Gasteiger partial charge in [-0.05, 0) is 52.7 Å². The van der Waals surface area contributed by atoms with Crippen molar-refractivity contribution in [2.75, 3.05) is 4.90 Å². The maximum absolute atomic E-state index is 13.4. The predicted octanol–water partition coefficient (Wildman–Crippen LogP) is 5.65. The van der Waals surface area contributed by atoms with Crippen molar-refractivity contribution < 1.29 is 24.0 Å². The van der Waals surface area contributed by atoms with Crippen molar-refractivity contribution >= 4 is 57.7 Å². The highest BCUT2D eigenvalue weighted by atomic mass is 35.5. The molecule has 4 aromatic rings. The summed E-state index contributed by atoms with van der Waals surface area (Å²) in [5, 5.41) is 15.3. The fourth-order valence-electron chi connectivity index (χ4n) is 4.10. The molecule has 0 unspecified atom stereocenters. The summed E-state index contributed by atoms with van der Waals surface area (Å²) in [6.07, 6.45) is 1.39. The molecule has 38 heavy (non-hydrogen) atoms. The Morgan fingerprint density at radius 2 is 1.71 bits per heavy atom. The van der Waals surface area contributed by atoms with E-state index in [9.17, 15) is 24.5 Å². The molecule has 4 aromatic carbocycles. The molecule has 1 aliphatic rings. The zero-order chi connectivity index (χ0) is 26.8. The van der Waals surface area contributed by atoms with Crippen LogP contribution in [0.4, 0.5) is 16.2 Å². The lowest BCUT2D eigenvalue weighted by molar-refractivity contribution is -0.384. The van der Waals surface area contributed by atoms with Crippen LogP contribution in [0.1, 0.15) is 11.1 Å². The molecule has 5 rings (SSSR count). The first-order valence-corrected chi connectivity index (χ1v) is 11.7. The number of nitrogens with zero attached hydrogens (tertiary/aromatic N) is 2. The van der Waals surface area contributed by atoms with Crippen LogP contribution >= 0.6 is 11.6 Å². The normalized spacial score (nSPS) is 14.6. The van der Waals surface area contributed by atoms with Gasteiger partial charge in [-0.15, -0.1) is 0 Å². The third kappa shape index (κ3) is 4.82. The zero-order valence-electron chi connectivity index (χ0n) is 19.6. The van der Waals surface area contributed by atoms with Gasteiger partial charge in [0.2, 0.25) is 0 Å². The SMILES string of the molecule is O=C1NC(=O)N(c2ccc(Cl)cc2)C(=O)/C1=C/c1c(OCc2cccc([N+](=O)[O-])c2)ccc2ccccc12. The average molecular weight is 528 g/mol. The van der Waals surface area contributed by atoms with E-state index in [0.29, 0.717) is 27.3 Å². The summed E-state index contributed by atoms with van der Waals surface area (Å²) in [7, 11) is 0. The number of nitro benzene ring substituents is 1. The van der Waals surface area contributed by atoms with Crippen molar-refractivity contribution in [3.05, 3.63) is 117 Å². The fourth-order valence-corrected chi connectivity index (χ4v) is 4.22. The van der Waals surface area contributed by atoms with Crippen LogP contribution in [0.2, 0.25) is 5.02 Å². The molecule has 0 bridgehead atoms. The van der Waals surface area contributed by atoms with Crippen LogP contribution in [0.5, 0.6) is 5.75 Å². The molecular weight excluding hydrogens is 510 g/mol. The second-order valence-corrected chi connectivity index (χ2v) is 8.78. The maximum atomic E-state index is 13.4. The first-order chi connectivity index (χ1) is 18.3. The standard InChI is InChI=1S/C28H18ClN3O6/c29-19-9-11-20(12-10-19)31-27(34)24(26(33)30-28(31)35)15-23-22-7-2-1-5-18(22)8-13-25(23)38-16-17-4-3-6-21(14-17)32(36)37/h1-15H,16H2,(H,30,33,35)/b24-15+. The number of nitro groups is 1. The predicted molar refractivity (Wildman–Crippen MR) is 142 cm³/mol. The van der Waals surface area contributed by atoms with Crippen LogP contribution in [-0.2, 0) is 16.2 Å². The molecule has 1 heterocycles. The van der Waals surface area contributed by atoms with Crippen molar-refractivity contribution in [3.8, 4) is 5.75 Å². The maximum Gasteiger partial charge on any atom is 0.335 e. The summed E-state index contributed by atoms with van der Waals surface area (Å²) >= 11 is 5.94. The molecule has 0 saturated carbocycles. The van der Waals surface area contributed by atoms with Crippen LogP contribution in [0, 0.1) is 10.1 Å². The first kappa shape index (κ1) is 24.7. The van der Waals surface area contributed by atoms with Gasteiger partial charge in [0, 0.05) is 22.7 Å². The zero-order valence-corrected chi connectivity index (χ0v) is 20.3. The highest BCUT2D eigenvalue weighted by Crippen LogP contribution is 2.32. The number of hydrogen-bond acceptors (Lipinski definition) is 6. The molecular formula is C28H18ClN3O6. The minimum atomic E-state index is -0.875. The first-order valence-electron chi connectivity index (χ1n) is 11.4. The Balaban J connectivity index is 1.56. The third-order valence-corrected chi connectivity index (χ3v) is 6.17. The molecule has 0 aliphatic carbocycles. The Kier molecular flexibility index (Phi) is 6.59. The number of nitrogens with one attached hydrogen (secondary N) is 1. The van der Waals surface area contributed by atoms with Crippen LogP contribution in [0.15, 0.2) is 90.5 Å². The number of ether oxygens (including phenoxy) is 1. The van der Waals surface area contributed by atoms with Crippen molar-refractivity contribution in [1.82, 2.24) is 5.32 Å². The van der Waals surface area contributed by atoms with Crippen molar-refractivity contribution in [2.24, 2.45) is 0 Å². The molecule has 10 heteroatoms. The van der Waals surface area contributed by atoms with Crippen LogP contribution in [-0.4, -0.2) is 22.8 Å². The molecule has 4 amide bonds. The number of non-ortho nitro benzene ring substituents is 1. The van der Waals surface area contributed by atoms with Gasteiger partial charge in [0.1, 0.15) is 17.9 Å². The molecule has 0 atom stereocenters. The topological polar surface area (TPSA) is 119 Å². The fraction of sp³-hybridized carbons (Fsp3) is 0.0357. The van der Waals surface area contributed by atoms with Gasteiger partial charge in [-0.25, -0.2) is 9.69 Å². The summed E-state index contributed by atoms with van der Waals surface area (Å²) in [6, 6.07) is 22.1. The van der Waals surface area contributed by atoms with Crippen LogP contribution < -0.4 is 15.0 Å². The average Bonchev–Trinajstić information content (AvgIpc) is 2.91. The van der Waals surface area contributed by atoms with Gasteiger partial charge in [-0.1, -0.05) is 54.1 Å². The van der Waals surface area contributed by atoms with Crippen molar-refractivity contribution in [3.63, 3.8) is 0 Å². The Labute approximate surface area is 221 Å². The molecule has 0 radical (unpaired) electrons. The van der Waals surface area contributed by atoms with E-state index in [-0.39, 0.29) is 23.6 Å². The number of rotatable bonds is 6. The summed E-state index contributed by atoms with van der Waals surface area (Å²) in [5.41, 5.74) is 0.921. The van der Waals surface area contributed by atoms with Crippen LogP contribution in [0.3, 0.4) is 0 Å². The van der Waals surface area contributed by atoms with Gasteiger partial charge >= 0.3 is 6.03 Å². The van der Waals surface area contributed by atoms with Crippen LogP contribution in [0.25, 0.3) is 16.8 Å². The minimum absolute atomic E-state index is 0.00568. The quantitative estimate of drug-likeness (QED) is 0.150. The van der Waals surface area contributed by atoms with Crippen molar-refractivity contribution in [2.45, 2.75) is 6.61 Å². The molecule has 1 fully saturated rings. The number of fused-ring (bicyclic) bond motifs is 1. The number of carbonyl (C=O) groups is 3. The van der Waals surface area contributed by atoms with E-state index in [1.165, 1.54) is 42.5 Å². The number of urea groups is 1. The Morgan fingerprint density at radius 3 is 2.47 bits per heavy atom. The number of halogens is 1. The lowest BCUT2D eigenvalue weighted by Gasteiger charge is -2.26. The third-order valence-electron chi connectivity index (χ3n) is 5.92. The van der Waals surface area contributed by atoms with Gasteiger partial charge in [0.15, 0.2) is 0 Å². The summed E-state index contributed by atoms with van der Waals surface area (Å²) in [5.74, 6) is -1.31. The van der Waals surface area contributed by atoms with Gasteiger partial charge in [0.05, 0.1) is 10.6 Å². The summed E-state index contributed by atoms with van der Waals surface area (Å²) in [6.45, 7) is 0.00568. The monoisotopic (exact) mass is 527 g/mol. The van der Waals surface area contributed by atoms with Gasteiger partial charge in [-0.3, -0.25) is 25.0 Å². The number of carbonyl (C=O) groups excluding carboxylic acids is 3. The van der Waals surface area contributed by atoms with Gasteiger partial charge in [-0.2, -0.15) is 0 Å². The van der Waals surface area contributed by atoms with Gasteiger partial charge in [0.25, 0.3) is 17.5 Å². The number of hydrogen-bond donors (Lipinski definition) is 1. The Morgan fingerprint density at radius 1 is 0.947 bits per heavy atom. The molecule has 0 spiro atoms. The van der Waals surface area contributed by atoms with E-state index in [1.807, 2.05) is 24.3 Å². The van der Waals surface area contributed by atoms with E-state index < -0.39 is 22.8 Å². The van der Waals surface area contributed by atoms with Gasteiger partial charge < -0.3 is 4.74 Å². The number of barbiturate groups is 1. The molecule has 1 aliphatic heterocycles. The smallest absolute Gasteiger partial charge is 0.335 e. The molecule has 188 valence electrons. The molecule has 0 aromatic heterocycles. The minimum Gasteiger partial charge on any atom is -0.488 e. The number of benzene rings is 4. The van der Waals surface area contributed by atoms with Crippen molar-refractivity contribution in [1.29, 1.82) is 0 Å². The number of imide groups is 2. The Bertz CT molecular complexity index is 1650. The lowest BCUT2D eigenvalue weighted by atomic mass is 9.99. The summed E-state index contributed by atoms with van der Waals surface area (Å²) < 4.78 is 6.02. The second kappa shape index (κ2) is 10.2. The number of amides is 4. The van der Waals surface area contributed by atoms with E-state index in [2.05, 4.69) is 5.32 Å². The summed E-state index contributed by atoms with van der Waals surface area (Å²) in [4.78, 5) is 50.3. The van der Waals surface area contributed by atoms with E-state index in [4.69, 9.17) is 16.3 Å². The number of anilines is 1. The van der Waals surface area contributed by atoms with E-state index >= 15 is 0 Å². The largest absolute Gasteiger partial charge is 0.488 e. The highest BCUT2D eigenvalue weighted by molar-refractivity contribution is 6.39. The second-order valence-electron chi connectivity index (χ2n) is 8.35. The highest BCUT2D eigenvalue weighted by Gasteiger charge is 2.37. The molecule has 1 saturated heterocycles. The van der Waals surface area contributed by atoms with E-state index in [1.54, 1.807) is 24.3 Å². The lowest BCUT2D eigenvalue weighted by Crippen LogP contribution is -2.54. The van der Waals surface area contributed by atoms with E-state index in [0.717, 1.165) is 10.3 Å². The molecule has 9 nitrogen and oxygen atoms in total. The Hall–Kier alpha value is -5.02. The molecule has 1 N–H and O–H groups in total.